The molecule has 7 heteroatoms. The summed E-state index contributed by atoms with van der Waals surface area (Å²) in [6.45, 7) is 0. The van der Waals surface area contributed by atoms with Gasteiger partial charge in [0.1, 0.15) is 0 Å². The highest BCUT2D eigenvalue weighted by Gasteiger charge is 2.09. The van der Waals surface area contributed by atoms with Crippen LogP contribution in [0.5, 0.6) is 0 Å². The van der Waals surface area contributed by atoms with Crippen molar-refractivity contribution in [3.63, 3.8) is 0 Å². The second kappa shape index (κ2) is 2.37. The first-order valence-electron chi connectivity index (χ1n) is 1.41. The molecule has 7 N–H and O–H groups in total. The average molecular weight is 126 g/mol. The molecule has 0 spiro atoms. The SMILES string of the molecule is NNP(=O)(O)NN. The molecule has 0 radical (unpaired) electrons. The van der Waals surface area contributed by atoms with E-state index in [4.69, 9.17) is 4.89 Å². The fraction of sp³-hybridized carbons (Fsp3) is 0. The Morgan fingerprint density at radius 2 is 1.71 bits per heavy atom. The van der Waals surface area contributed by atoms with Crippen molar-refractivity contribution >= 4 is 7.67 Å². The van der Waals surface area contributed by atoms with Gasteiger partial charge in [0, 0.05) is 0 Å². The third kappa shape index (κ3) is 2.69. The summed E-state index contributed by atoms with van der Waals surface area (Å²) in [6, 6.07) is 0. The van der Waals surface area contributed by atoms with E-state index in [2.05, 4.69) is 11.7 Å². The monoisotopic (exact) mass is 126 g/mol. The van der Waals surface area contributed by atoms with Crippen LogP contribution in [0, 0.1) is 0 Å². The van der Waals surface area contributed by atoms with Gasteiger partial charge in [0.15, 0.2) is 0 Å². The Bertz CT molecular complexity index is 81.7. The molecule has 0 bridgehead atoms. The quantitative estimate of drug-likeness (QED) is 0.166. The Morgan fingerprint density at radius 1 is 1.43 bits per heavy atom. The summed E-state index contributed by atoms with van der Waals surface area (Å²) in [5.74, 6) is 9.02. The predicted octanol–water partition coefficient (Wildman–Crippen LogP) is -1.99. The molecule has 0 aliphatic carbocycles. The molecule has 6 nitrogen and oxygen atoms in total. The highest BCUT2D eigenvalue weighted by molar-refractivity contribution is 7.53. The molecule has 0 saturated carbocycles. The zero-order chi connectivity index (χ0) is 5.91. The van der Waals surface area contributed by atoms with Crippen LogP contribution in [0.4, 0.5) is 0 Å². The summed E-state index contributed by atoms with van der Waals surface area (Å²) in [5.41, 5.74) is 0. The number of nitrogens with one attached hydrogen (secondary N) is 2. The van der Waals surface area contributed by atoms with Crippen LogP contribution in [0.3, 0.4) is 0 Å². The van der Waals surface area contributed by atoms with Crippen molar-refractivity contribution in [2.75, 3.05) is 0 Å². The van der Waals surface area contributed by atoms with Gasteiger partial charge < -0.3 is 4.89 Å². The Labute approximate surface area is 40.4 Å². The van der Waals surface area contributed by atoms with Gasteiger partial charge in [-0.05, 0) is 0 Å². The Hall–Kier alpha value is 0.0300. The number of hydrogen-bond donors (Lipinski definition) is 5. The number of nitrogens with two attached hydrogens (primary N) is 2. The molecule has 0 rings (SSSR count). The summed E-state index contributed by atoms with van der Waals surface area (Å²) in [6.07, 6.45) is 0. The maximum atomic E-state index is 10.0. The van der Waals surface area contributed by atoms with Gasteiger partial charge in [-0.25, -0.2) is 0 Å². The van der Waals surface area contributed by atoms with E-state index in [-0.39, 0.29) is 0 Å². The molecule has 0 unspecified atom stereocenters. The van der Waals surface area contributed by atoms with Crippen LogP contribution >= 0.6 is 7.67 Å². The standard InChI is InChI=1S/H7N4O2P/c1-3-7(5,6)4-2/h1-2H2,(H3,3,4,5,6). The second-order valence-corrected chi connectivity index (χ2v) is 2.50. The first-order valence-corrected chi connectivity index (χ1v) is 3.07. The van der Waals surface area contributed by atoms with E-state index in [1.807, 2.05) is 0 Å². The molecular weight excluding hydrogens is 119 g/mol. The summed E-state index contributed by atoms with van der Waals surface area (Å²) < 4.78 is 10.0. The zero-order valence-corrected chi connectivity index (χ0v) is 4.35. The van der Waals surface area contributed by atoms with Crippen LogP contribution in [-0.4, -0.2) is 4.89 Å². The lowest BCUT2D eigenvalue weighted by molar-refractivity contribution is 0.450. The maximum absolute atomic E-state index is 10.0. The van der Waals surface area contributed by atoms with Crippen molar-refractivity contribution < 1.29 is 9.46 Å². The van der Waals surface area contributed by atoms with Crippen LogP contribution < -0.4 is 22.1 Å². The van der Waals surface area contributed by atoms with Crippen LogP contribution in [0.15, 0.2) is 0 Å². The normalized spacial score (nSPS) is 11.9. The maximum Gasteiger partial charge on any atom is 0.364 e. The third-order valence-electron chi connectivity index (χ3n) is 0.350. The van der Waals surface area contributed by atoms with Crippen LogP contribution in [0.25, 0.3) is 0 Å². The van der Waals surface area contributed by atoms with E-state index < -0.39 is 7.67 Å². The Kier molecular flexibility index (Phi) is 2.38. The van der Waals surface area contributed by atoms with Crippen molar-refractivity contribution in [1.82, 2.24) is 10.4 Å². The minimum atomic E-state index is -3.60. The lowest BCUT2D eigenvalue weighted by Gasteiger charge is -2.04. The molecule has 0 aliphatic rings. The van der Waals surface area contributed by atoms with Gasteiger partial charge in [-0.3, -0.25) is 16.3 Å². The zero-order valence-electron chi connectivity index (χ0n) is 3.46. The van der Waals surface area contributed by atoms with E-state index >= 15 is 0 Å². The molecule has 0 fully saturated rings. The Morgan fingerprint density at radius 3 is 1.71 bits per heavy atom. The molecule has 0 atom stereocenters. The van der Waals surface area contributed by atoms with Crippen LogP contribution in [0.1, 0.15) is 0 Å². The number of hydrazine groups is 2. The summed E-state index contributed by atoms with van der Waals surface area (Å²) in [4.78, 5) is 8.22. The van der Waals surface area contributed by atoms with Crippen molar-refractivity contribution in [3.8, 4) is 0 Å². The van der Waals surface area contributed by atoms with E-state index in [1.165, 1.54) is 0 Å². The third-order valence-corrected chi connectivity index (χ3v) is 1.05. The smallest absolute Gasteiger partial charge is 0.320 e. The van der Waals surface area contributed by atoms with E-state index in [0.29, 0.717) is 0 Å². The van der Waals surface area contributed by atoms with Gasteiger partial charge in [0.05, 0.1) is 0 Å². The van der Waals surface area contributed by atoms with Gasteiger partial charge in [0.25, 0.3) is 0 Å². The first-order chi connectivity index (χ1) is 3.12. The molecule has 0 saturated heterocycles. The van der Waals surface area contributed by atoms with Crippen LogP contribution in [-0.2, 0) is 4.57 Å². The molecular formula is H7N4O2P. The van der Waals surface area contributed by atoms with Gasteiger partial charge in [-0.1, -0.05) is 0 Å². The summed E-state index contributed by atoms with van der Waals surface area (Å²) >= 11 is 0. The number of hydrogen-bond acceptors (Lipinski definition) is 3. The van der Waals surface area contributed by atoms with Crippen molar-refractivity contribution in [3.05, 3.63) is 0 Å². The molecule has 0 amide bonds. The van der Waals surface area contributed by atoms with Crippen molar-refractivity contribution in [1.29, 1.82) is 0 Å². The molecule has 7 heavy (non-hydrogen) atoms. The molecule has 0 heterocycles. The van der Waals surface area contributed by atoms with Gasteiger partial charge in [-0.2, -0.15) is 10.4 Å². The molecule has 0 aromatic carbocycles. The Balaban J connectivity index is 3.61. The lowest BCUT2D eigenvalue weighted by atomic mass is 12.9. The molecule has 0 aromatic heterocycles. The van der Waals surface area contributed by atoms with Gasteiger partial charge in [-0.15, -0.1) is 0 Å². The van der Waals surface area contributed by atoms with Crippen molar-refractivity contribution in [2.24, 2.45) is 11.7 Å². The van der Waals surface area contributed by atoms with Gasteiger partial charge >= 0.3 is 7.67 Å². The van der Waals surface area contributed by atoms with E-state index in [1.54, 1.807) is 10.4 Å². The summed E-state index contributed by atoms with van der Waals surface area (Å²) in [5, 5.41) is 3.13. The molecule has 0 aliphatic heterocycles. The number of rotatable bonds is 2. The molecule has 44 valence electrons. The minimum Gasteiger partial charge on any atom is -0.320 e. The highest BCUT2D eigenvalue weighted by Crippen LogP contribution is 2.23. The average Bonchev–Trinajstić information content (AvgIpc) is 1.68. The van der Waals surface area contributed by atoms with Gasteiger partial charge in [0.2, 0.25) is 0 Å². The second-order valence-electron chi connectivity index (χ2n) is 0.834. The minimum absolute atomic E-state index is 1.57. The largest absolute Gasteiger partial charge is 0.364 e. The lowest BCUT2D eigenvalue weighted by Crippen LogP contribution is -2.30. The predicted molar refractivity (Wildman–Crippen MR) is 24.5 cm³/mol. The fourth-order valence-electron chi connectivity index (χ4n) is 0.0373. The fourth-order valence-corrected chi connectivity index (χ4v) is 0.112. The first kappa shape index (κ1) is 7.03. The summed E-state index contributed by atoms with van der Waals surface area (Å²) in [7, 11) is -3.60. The highest BCUT2D eigenvalue weighted by atomic mass is 31.2. The van der Waals surface area contributed by atoms with E-state index in [9.17, 15) is 4.57 Å². The topological polar surface area (TPSA) is 113 Å². The van der Waals surface area contributed by atoms with E-state index in [0.717, 1.165) is 0 Å². The van der Waals surface area contributed by atoms with Crippen molar-refractivity contribution in [2.45, 2.75) is 0 Å². The molecule has 0 aromatic rings. The van der Waals surface area contributed by atoms with Crippen LogP contribution in [0.2, 0.25) is 0 Å².